The maximum atomic E-state index is 13.2. The van der Waals surface area contributed by atoms with Gasteiger partial charge in [0.2, 0.25) is 11.8 Å². The molecule has 1 atom stereocenters. The van der Waals surface area contributed by atoms with Gasteiger partial charge in [-0.15, -0.1) is 0 Å². The predicted molar refractivity (Wildman–Crippen MR) is 120 cm³/mol. The average Bonchev–Trinajstić information content (AvgIpc) is 2.77. The Hall–Kier alpha value is -2.82. The van der Waals surface area contributed by atoms with Crippen LogP contribution in [0.25, 0.3) is 0 Å². The third kappa shape index (κ3) is 7.21. The standard InChI is InChI=1S/C25H34N2O3/c1-5-23(25(29)26-17-19(2)3)27(18-21-11-14-22(30-4)15-12-21)24(28)16-13-20-9-7-6-8-10-20/h6-12,14-15,19,23H,5,13,16-18H2,1-4H3,(H,26,29)/t23-/m1/s1. The summed E-state index contributed by atoms with van der Waals surface area (Å²) in [6, 6.07) is 17.1. The molecule has 162 valence electrons. The van der Waals surface area contributed by atoms with Crippen molar-refractivity contribution in [1.29, 1.82) is 0 Å². The minimum absolute atomic E-state index is 0.0128. The quantitative estimate of drug-likeness (QED) is 0.604. The number of nitrogens with one attached hydrogen (secondary N) is 1. The fraction of sp³-hybridized carbons (Fsp3) is 0.440. The van der Waals surface area contributed by atoms with Gasteiger partial charge in [-0.05, 0) is 42.0 Å². The summed E-state index contributed by atoms with van der Waals surface area (Å²) < 4.78 is 5.23. The summed E-state index contributed by atoms with van der Waals surface area (Å²) in [6.45, 7) is 7.06. The molecule has 0 bridgehead atoms. The first-order valence-corrected chi connectivity index (χ1v) is 10.7. The Bertz CT molecular complexity index is 788. The lowest BCUT2D eigenvalue weighted by atomic mass is 10.1. The van der Waals surface area contributed by atoms with Crippen molar-refractivity contribution in [3.05, 3.63) is 65.7 Å². The van der Waals surface area contributed by atoms with Gasteiger partial charge in [0.25, 0.3) is 0 Å². The normalized spacial score (nSPS) is 11.8. The van der Waals surface area contributed by atoms with Crippen molar-refractivity contribution in [3.8, 4) is 5.75 Å². The van der Waals surface area contributed by atoms with E-state index in [1.165, 1.54) is 0 Å². The number of amides is 2. The lowest BCUT2D eigenvalue weighted by Crippen LogP contribution is -2.49. The molecule has 0 heterocycles. The van der Waals surface area contributed by atoms with E-state index in [0.29, 0.717) is 38.3 Å². The molecule has 2 rings (SSSR count). The maximum Gasteiger partial charge on any atom is 0.242 e. The summed E-state index contributed by atoms with van der Waals surface area (Å²) in [5, 5.41) is 2.99. The fourth-order valence-electron chi connectivity index (χ4n) is 3.31. The molecule has 2 aromatic carbocycles. The smallest absolute Gasteiger partial charge is 0.242 e. The van der Waals surface area contributed by atoms with Crippen molar-refractivity contribution in [2.75, 3.05) is 13.7 Å². The molecule has 5 heteroatoms. The highest BCUT2D eigenvalue weighted by Gasteiger charge is 2.28. The van der Waals surface area contributed by atoms with Gasteiger partial charge in [-0.3, -0.25) is 9.59 Å². The molecule has 0 saturated carbocycles. The molecule has 5 nitrogen and oxygen atoms in total. The van der Waals surface area contributed by atoms with Gasteiger partial charge in [0.15, 0.2) is 0 Å². The van der Waals surface area contributed by atoms with Crippen LogP contribution in [0.2, 0.25) is 0 Å². The van der Waals surface area contributed by atoms with Gasteiger partial charge in [0, 0.05) is 19.5 Å². The minimum Gasteiger partial charge on any atom is -0.497 e. The Labute approximate surface area is 180 Å². The predicted octanol–water partition coefficient (Wildman–Crippen LogP) is 4.21. The molecule has 2 aromatic rings. The number of ether oxygens (including phenoxy) is 1. The largest absolute Gasteiger partial charge is 0.497 e. The van der Waals surface area contributed by atoms with E-state index in [1.54, 1.807) is 12.0 Å². The van der Waals surface area contributed by atoms with Crippen molar-refractivity contribution >= 4 is 11.8 Å². The van der Waals surface area contributed by atoms with Gasteiger partial charge < -0.3 is 15.0 Å². The van der Waals surface area contributed by atoms with E-state index in [0.717, 1.165) is 16.9 Å². The minimum atomic E-state index is -0.492. The first-order chi connectivity index (χ1) is 14.4. The number of benzene rings is 2. The van der Waals surface area contributed by atoms with Crippen LogP contribution in [0.3, 0.4) is 0 Å². The maximum absolute atomic E-state index is 13.2. The number of nitrogens with zero attached hydrogens (tertiary/aromatic N) is 1. The third-order valence-corrected chi connectivity index (χ3v) is 5.05. The molecule has 0 unspecified atom stereocenters. The number of hydrogen-bond acceptors (Lipinski definition) is 3. The second-order valence-electron chi connectivity index (χ2n) is 7.92. The van der Waals surface area contributed by atoms with Gasteiger partial charge in [-0.2, -0.15) is 0 Å². The van der Waals surface area contributed by atoms with Crippen LogP contribution in [0.1, 0.15) is 44.7 Å². The average molecular weight is 411 g/mol. The van der Waals surface area contributed by atoms with E-state index in [1.807, 2.05) is 61.5 Å². The highest BCUT2D eigenvalue weighted by Crippen LogP contribution is 2.18. The molecular formula is C25H34N2O3. The van der Waals surface area contributed by atoms with E-state index >= 15 is 0 Å². The zero-order valence-electron chi connectivity index (χ0n) is 18.6. The van der Waals surface area contributed by atoms with Crippen molar-refractivity contribution < 1.29 is 14.3 Å². The lowest BCUT2D eigenvalue weighted by molar-refractivity contribution is -0.141. The molecular weight excluding hydrogens is 376 g/mol. The molecule has 1 N–H and O–H groups in total. The highest BCUT2D eigenvalue weighted by molar-refractivity contribution is 5.87. The van der Waals surface area contributed by atoms with Crippen molar-refractivity contribution in [2.24, 2.45) is 5.92 Å². The van der Waals surface area contributed by atoms with Crippen LogP contribution in [-0.4, -0.2) is 36.4 Å². The number of rotatable bonds is 11. The van der Waals surface area contributed by atoms with E-state index in [-0.39, 0.29) is 11.8 Å². The highest BCUT2D eigenvalue weighted by atomic mass is 16.5. The first-order valence-electron chi connectivity index (χ1n) is 10.7. The van der Waals surface area contributed by atoms with Crippen LogP contribution in [0.5, 0.6) is 5.75 Å². The molecule has 0 spiro atoms. The Morgan fingerprint density at radius 2 is 1.67 bits per heavy atom. The zero-order chi connectivity index (χ0) is 21.9. The van der Waals surface area contributed by atoms with Gasteiger partial charge in [-0.25, -0.2) is 0 Å². The van der Waals surface area contributed by atoms with E-state index in [2.05, 4.69) is 19.2 Å². The number of aryl methyl sites for hydroxylation is 1. The van der Waals surface area contributed by atoms with Crippen LogP contribution in [-0.2, 0) is 22.6 Å². The van der Waals surface area contributed by atoms with Crippen LogP contribution in [0.4, 0.5) is 0 Å². The summed E-state index contributed by atoms with van der Waals surface area (Å²) in [7, 11) is 1.63. The van der Waals surface area contributed by atoms with E-state index < -0.39 is 6.04 Å². The Morgan fingerprint density at radius 1 is 1.00 bits per heavy atom. The molecule has 30 heavy (non-hydrogen) atoms. The molecule has 0 aliphatic heterocycles. The fourth-order valence-corrected chi connectivity index (χ4v) is 3.31. The van der Waals surface area contributed by atoms with Crippen LogP contribution in [0.15, 0.2) is 54.6 Å². The SMILES string of the molecule is CC[C@H](C(=O)NCC(C)C)N(Cc1ccc(OC)cc1)C(=O)CCc1ccccc1. The molecule has 0 saturated heterocycles. The van der Waals surface area contributed by atoms with Crippen molar-refractivity contribution in [2.45, 2.75) is 52.6 Å². The monoisotopic (exact) mass is 410 g/mol. The first kappa shape index (κ1) is 23.5. The molecule has 0 aliphatic rings. The Kier molecular flexibility index (Phi) is 9.39. The van der Waals surface area contributed by atoms with Gasteiger partial charge in [0.05, 0.1) is 7.11 Å². The molecule has 0 aromatic heterocycles. The van der Waals surface area contributed by atoms with Crippen LogP contribution in [0, 0.1) is 5.92 Å². The van der Waals surface area contributed by atoms with E-state index in [4.69, 9.17) is 4.74 Å². The van der Waals surface area contributed by atoms with Gasteiger partial charge in [-0.1, -0.05) is 63.2 Å². The molecule has 0 fully saturated rings. The summed E-state index contributed by atoms with van der Waals surface area (Å²) >= 11 is 0. The Balaban J connectivity index is 2.17. The van der Waals surface area contributed by atoms with Crippen LogP contribution >= 0.6 is 0 Å². The van der Waals surface area contributed by atoms with Gasteiger partial charge >= 0.3 is 0 Å². The Morgan fingerprint density at radius 3 is 2.23 bits per heavy atom. The summed E-state index contributed by atoms with van der Waals surface area (Å²) in [5.41, 5.74) is 2.09. The number of hydrogen-bond donors (Lipinski definition) is 1. The molecule has 2 amide bonds. The second kappa shape index (κ2) is 12.0. The summed E-state index contributed by atoms with van der Waals surface area (Å²) in [4.78, 5) is 27.8. The van der Waals surface area contributed by atoms with Gasteiger partial charge in [0.1, 0.15) is 11.8 Å². The molecule has 0 radical (unpaired) electrons. The van der Waals surface area contributed by atoms with Crippen molar-refractivity contribution in [1.82, 2.24) is 10.2 Å². The number of methoxy groups -OCH3 is 1. The third-order valence-electron chi connectivity index (χ3n) is 5.05. The number of carbonyl (C=O) groups is 2. The molecule has 0 aliphatic carbocycles. The van der Waals surface area contributed by atoms with Crippen LogP contribution < -0.4 is 10.1 Å². The number of carbonyl (C=O) groups excluding carboxylic acids is 2. The van der Waals surface area contributed by atoms with Crippen molar-refractivity contribution in [3.63, 3.8) is 0 Å². The summed E-state index contributed by atoms with van der Waals surface area (Å²) in [6.07, 6.45) is 1.59. The lowest BCUT2D eigenvalue weighted by Gasteiger charge is -2.31. The topological polar surface area (TPSA) is 58.6 Å². The van der Waals surface area contributed by atoms with E-state index in [9.17, 15) is 9.59 Å². The summed E-state index contributed by atoms with van der Waals surface area (Å²) in [5.74, 6) is 1.02. The second-order valence-corrected chi connectivity index (χ2v) is 7.92. The zero-order valence-corrected chi connectivity index (χ0v) is 18.6.